The highest BCUT2D eigenvalue weighted by atomic mass is 16.3. The summed E-state index contributed by atoms with van der Waals surface area (Å²) in [6.07, 6.45) is 0. The molecule has 0 aliphatic carbocycles. The second-order valence-electron chi connectivity index (χ2n) is 10.8. The molecule has 0 spiro atoms. The van der Waals surface area contributed by atoms with Crippen LogP contribution >= 0.6 is 0 Å². The van der Waals surface area contributed by atoms with E-state index in [1.165, 1.54) is 0 Å². The Morgan fingerprint density at radius 1 is 0.356 bits per heavy atom. The molecule has 0 aliphatic heterocycles. The predicted octanol–water partition coefficient (Wildman–Crippen LogP) is 12.6. The van der Waals surface area contributed by atoms with Crippen LogP contribution < -0.4 is 0 Å². The molecule has 1 heterocycles. The van der Waals surface area contributed by atoms with Gasteiger partial charge in [-0.1, -0.05) is 151 Å². The molecule has 0 saturated heterocycles. The van der Waals surface area contributed by atoms with E-state index in [2.05, 4.69) is 0 Å². The molecule has 8 aromatic carbocycles. The maximum absolute atomic E-state index is 9.88. The number of rotatable bonds is 4. The molecule has 1 aromatic heterocycles. The zero-order valence-electron chi connectivity index (χ0n) is 33.8. The smallest absolute Gasteiger partial charge is 0.136 e. The van der Waals surface area contributed by atoms with Gasteiger partial charge in [0.1, 0.15) is 11.2 Å². The highest BCUT2D eigenvalue weighted by Crippen LogP contribution is 2.49. The number of hydrogen-bond acceptors (Lipinski definition) is 1. The molecule has 0 N–H and O–H groups in total. The molecular weight excluding hydrogens is 544 g/mol. The summed E-state index contributed by atoms with van der Waals surface area (Å²) in [6.45, 7) is 0. The van der Waals surface area contributed by atoms with E-state index in [1.807, 2.05) is 109 Å². The molecule has 1 nitrogen and oxygen atoms in total. The minimum Gasteiger partial charge on any atom is -0.456 e. The number of benzene rings is 8. The van der Waals surface area contributed by atoms with Gasteiger partial charge in [0.2, 0.25) is 0 Å². The summed E-state index contributed by atoms with van der Waals surface area (Å²) < 4.78 is 95.8. The van der Waals surface area contributed by atoms with Crippen LogP contribution in [0, 0.1) is 0 Å². The van der Waals surface area contributed by atoms with Gasteiger partial charge in [-0.25, -0.2) is 0 Å². The zero-order valence-corrected chi connectivity index (χ0v) is 23.8. The van der Waals surface area contributed by atoms with Gasteiger partial charge in [-0.05, 0) is 84.2 Å². The summed E-state index contributed by atoms with van der Waals surface area (Å²) in [5.74, 6) is 0. The van der Waals surface area contributed by atoms with E-state index >= 15 is 0 Å². The predicted molar refractivity (Wildman–Crippen MR) is 190 cm³/mol. The third-order valence-corrected chi connectivity index (χ3v) is 8.32. The van der Waals surface area contributed by atoms with Crippen LogP contribution in [0.1, 0.15) is 13.7 Å². The Labute approximate surface area is 275 Å². The lowest BCUT2D eigenvalue weighted by Gasteiger charge is -2.21. The molecule has 45 heavy (non-hydrogen) atoms. The van der Waals surface area contributed by atoms with Crippen LogP contribution in [0.15, 0.2) is 174 Å². The Balaban J connectivity index is 1.51. The fraction of sp³-hybridized carbons (Fsp3) is 0. The van der Waals surface area contributed by atoms with E-state index in [4.69, 9.17) is 14.0 Å². The van der Waals surface area contributed by atoms with Crippen LogP contribution in [0.2, 0.25) is 0 Å². The van der Waals surface area contributed by atoms with Gasteiger partial charge in [0.05, 0.1) is 13.7 Å². The fourth-order valence-electron chi connectivity index (χ4n) is 6.39. The molecule has 9 rings (SSSR count). The van der Waals surface area contributed by atoms with Crippen LogP contribution in [0.25, 0.3) is 88.0 Å². The first kappa shape index (κ1) is 17.4. The zero-order chi connectivity index (χ0) is 38.4. The van der Waals surface area contributed by atoms with Gasteiger partial charge < -0.3 is 4.42 Å². The molecule has 0 bridgehead atoms. The lowest BCUT2D eigenvalue weighted by Crippen LogP contribution is -1.94. The van der Waals surface area contributed by atoms with Crippen molar-refractivity contribution < 1.29 is 18.1 Å². The van der Waals surface area contributed by atoms with Crippen molar-refractivity contribution >= 4 is 43.5 Å². The fourth-order valence-corrected chi connectivity index (χ4v) is 6.39. The van der Waals surface area contributed by atoms with E-state index in [1.54, 1.807) is 0 Å². The summed E-state index contributed by atoms with van der Waals surface area (Å²) in [7, 11) is 0. The average Bonchev–Trinajstić information content (AvgIpc) is 3.63. The van der Waals surface area contributed by atoms with E-state index in [-0.39, 0.29) is 64.2 Å². The van der Waals surface area contributed by atoms with Gasteiger partial charge in [0, 0.05) is 10.8 Å². The second-order valence-corrected chi connectivity index (χ2v) is 10.8. The Hall–Kier alpha value is -5.92. The van der Waals surface area contributed by atoms with Crippen molar-refractivity contribution in [1.29, 1.82) is 0 Å². The first-order valence-electron chi connectivity index (χ1n) is 19.6. The third kappa shape index (κ3) is 4.09. The first-order chi connectivity index (χ1) is 26.5. The molecule has 0 aliphatic rings. The van der Waals surface area contributed by atoms with Crippen molar-refractivity contribution in [3.8, 4) is 44.5 Å². The van der Waals surface area contributed by atoms with Crippen molar-refractivity contribution in [2.24, 2.45) is 0 Å². The summed E-state index contributed by atoms with van der Waals surface area (Å²) in [4.78, 5) is 0. The molecule has 210 valence electrons. The average molecular weight is 583 g/mol. The molecule has 0 atom stereocenters. The van der Waals surface area contributed by atoms with Gasteiger partial charge in [-0.2, -0.15) is 0 Å². The van der Waals surface area contributed by atoms with Crippen molar-refractivity contribution in [3.05, 3.63) is 170 Å². The lowest BCUT2D eigenvalue weighted by atomic mass is 9.82. The van der Waals surface area contributed by atoms with E-state index in [0.717, 1.165) is 0 Å². The van der Waals surface area contributed by atoms with E-state index < -0.39 is 18.1 Å². The largest absolute Gasteiger partial charge is 0.456 e. The molecular formula is C44H28O. The lowest BCUT2D eigenvalue weighted by molar-refractivity contribution is 0.669. The maximum Gasteiger partial charge on any atom is 0.136 e. The Bertz CT molecular complexity index is 3030. The van der Waals surface area contributed by atoms with Crippen molar-refractivity contribution in [2.45, 2.75) is 0 Å². The van der Waals surface area contributed by atoms with Crippen LogP contribution in [-0.2, 0) is 0 Å². The molecule has 0 amide bonds. The van der Waals surface area contributed by atoms with Crippen LogP contribution in [0.3, 0.4) is 0 Å². The third-order valence-electron chi connectivity index (χ3n) is 8.32. The number of fused-ring (bicyclic) bond motifs is 5. The second kappa shape index (κ2) is 10.4. The Morgan fingerprint density at radius 3 is 1.47 bits per heavy atom. The van der Waals surface area contributed by atoms with Crippen molar-refractivity contribution in [2.75, 3.05) is 0 Å². The number of para-hydroxylation sites is 1. The minimum atomic E-state index is -0.473. The molecule has 0 fully saturated rings. The standard InChI is InChI=1S/C44H28O/c1-3-15-29(16-4-1)31-19-7-8-21-33(31)43-34-22-9-11-24-36(34)44(37-25-12-10-23-35(37)43)40-28-42-39(32-20-13-14-26-41(32)45-42)27-38(40)30-17-5-2-6-18-30/h1-28H/i7D,8D,13D,14D,19D,20D,21D,26D,27D,28D. The molecule has 0 radical (unpaired) electrons. The summed E-state index contributed by atoms with van der Waals surface area (Å²) in [5.41, 5.74) is 3.69. The highest BCUT2D eigenvalue weighted by molar-refractivity contribution is 6.24. The van der Waals surface area contributed by atoms with Gasteiger partial charge in [-0.3, -0.25) is 0 Å². The molecule has 0 saturated carbocycles. The minimum absolute atomic E-state index is 0.0394. The van der Waals surface area contributed by atoms with E-state index in [0.29, 0.717) is 66.1 Å². The summed E-state index contributed by atoms with van der Waals surface area (Å²) in [6, 6.07) is 30.5. The monoisotopic (exact) mass is 582 g/mol. The summed E-state index contributed by atoms with van der Waals surface area (Å²) >= 11 is 0. The number of hydrogen-bond donors (Lipinski definition) is 0. The Kier molecular flexibility index (Phi) is 4.01. The van der Waals surface area contributed by atoms with Gasteiger partial charge in [-0.15, -0.1) is 0 Å². The quantitative estimate of drug-likeness (QED) is 0.188. The summed E-state index contributed by atoms with van der Waals surface area (Å²) in [5, 5.41) is 2.80. The van der Waals surface area contributed by atoms with Crippen molar-refractivity contribution in [1.82, 2.24) is 0 Å². The van der Waals surface area contributed by atoms with Gasteiger partial charge in [0.25, 0.3) is 0 Å². The molecule has 0 unspecified atom stereocenters. The van der Waals surface area contributed by atoms with Crippen molar-refractivity contribution in [3.63, 3.8) is 0 Å². The van der Waals surface area contributed by atoms with Crippen LogP contribution in [0.5, 0.6) is 0 Å². The SMILES string of the molecule is [2H]c1c([2H])c([2H])c(-c2c3ccccc3c(-c3c(-c4ccccc4)c([2H])c4c(oc5c([2H])c([2H])c([2H])c([2H])c54)c3[2H])c3ccccc23)c(-c2ccccc2)c1[2H]. The molecule has 1 heteroatoms. The van der Waals surface area contributed by atoms with Crippen LogP contribution in [0.4, 0.5) is 0 Å². The normalized spacial score (nSPS) is 14.7. The van der Waals surface area contributed by atoms with E-state index in [9.17, 15) is 4.11 Å². The number of furan rings is 1. The highest BCUT2D eigenvalue weighted by Gasteiger charge is 2.22. The topological polar surface area (TPSA) is 13.1 Å². The van der Waals surface area contributed by atoms with Crippen LogP contribution in [-0.4, -0.2) is 0 Å². The first-order valence-corrected chi connectivity index (χ1v) is 14.6. The maximum atomic E-state index is 9.88. The van der Waals surface area contributed by atoms with Gasteiger partial charge >= 0.3 is 0 Å². The Morgan fingerprint density at radius 2 is 0.844 bits per heavy atom. The molecule has 9 aromatic rings. The van der Waals surface area contributed by atoms with Gasteiger partial charge in [0.15, 0.2) is 0 Å².